The first-order valence-corrected chi connectivity index (χ1v) is 6.38. The maximum absolute atomic E-state index is 3.44. The summed E-state index contributed by atoms with van der Waals surface area (Å²) in [6, 6.07) is 0.621. The van der Waals surface area contributed by atoms with Crippen LogP contribution in [0.5, 0.6) is 0 Å². The predicted molar refractivity (Wildman–Crippen MR) is 66.7 cm³/mol. The highest BCUT2D eigenvalue weighted by atomic mass is 14.9. The van der Waals surface area contributed by atoms with Crippen LogP contribution in [0.4, 0.5) is 0 Å². The third-order valence-electron chi connectivity index (χ3n) is 3.91. The zero-order valence-electron chi connectivity index (χ0n) is 10.5. The molecule has 0 aromatic heterocycles. The number of nitrogens with one attached hydrogen (secondary N) is 1. The molecule has 0 amide bonds. The van der Waals surface area contributed by atoms with E-state index in [4.69, 9.17) is 0 Å². The topological polar surface area (TPSA) is 12.0 Å². The lowest BCUT2D eigenvalue weighted by Crippen LogP contribution is -2.35. The molecule has 1 rings (SSSR count). The quantitative estimate of drug-likeness (QED) is 0.698. The molecular weight excluding hydrogens is 182 g/mol. The minimum atomic E-state index is 0.621. The Labute approximate surface area is 95.0 Å². The second kappa shape index (κ2) is 6.90. The van der Waals surface area contributed by atoms with Gasteiger partial charge in [-0.1, -0.05) is 26.2 Å². The van der Waals surface area contributed by atoms with E-state index in [-0.39, 0.29) is 0 Å². The molecule has 0 heterocycles. The van der Waals surface area contributed by atoms with Crippen LogP contribution in [0.2, 0.25) is 0 Å². The highest BCUT2D eigenvalue weighted by Gasteiger charge is 2.25. The largest absolute Gasteiger partial charge is 0.316 e. The maximum atomic E-state index is 3.44. The van der Waals surface area contributed by atoms with Crippen LogP contribution in [0.15, 0.2) is 0 Å². The molecule has 1 aliphatic carbocycles. The zero-order valence-corrected chi connectivity index (χ0v) is 10.5. The van der Waals surface area contributed by atoms with Gasteiger partial charge in [0.15, 0.2) is 0 Å². The fraction of sp³-hybridized carbons (Fsp3) is 0.857. The van der Waals surface area contributed by atoms with Gasteiger partial charge in [-0.3, -0.25) is 0 Å². The average molecular weight is 207 g/mol. The molecule has 15 heavy (non-hydrogen) atoms. The Kier molecular flexibility index (Phi) is 5.79. The van der Waals surface area contributed by atoms with Gasteiger partial charge in [0, 0.05) is 12.5 Å². The molecular formula is C14H25N. The van der Waals surface area contributed by atoms with Crippen molar-refractivity contribution in [2.24, 2.45) is 11.8 Å². The van der Waals surface area contributed by atoms with Gasteiger partial charge in [0.25, 0.3) is 0 Å². The van der Waals surface area contributed by atoms with E-state index in [1.54, 1.807) is 0 Å². The fourth-order valence-corrected chi connectivity index (χ4v) is 2.72. The van der Waals surface area contributed by atoms with Crippen molar-refractivity contribution in [2.75, 3.05) is 7.05 Å². The Bertz CT molecular complexity index is 215. The fourth-order valence-electron chi connectivity index (χ4n) is 2.72. The lowest BCUT2D eigenvalue weighted by atomic mass is 9.77. The lowest BCUT2D eigenvalue weighted by Gasteiger charge is -2.32. The molecule has 1 aliphatic rings. The maximum Gasteiger partial charge on any atom is 0.0245 e. The summed E-state index contributed by atoms with van der Waals surface area (Å²) >= 11 is 0. The van der Waals surface area contributed by atoms with Crippen molar-refractivity contribution in [1.29, 1.82) is 0 Å². The van der Waals surface area contributed by atoms with Gasteiger partial charge in [-0.2, -0.15) is 0 Å². The summed E-state index contributed by atoms with van der Waals surface area (Å²) in [5, 5.41) is 3.44. The molecule has 1 heteroatoms. The first-order valence-electron chi connectivity index (χ1n) is 6.38. The summed E-state index contributed by atoms with van der Waals surface area (Å²) in [6.45, 7) is 4.25. The van der Waals surface area contributed by atoms with E-state index in [9.17, 15) is 0 Å². The van der Waals surface area contributed by atoms with E-state index < -0.39 is 0 Å². The molecule has 0 saturated heterocycles. The smallest absolute Gasteiger partial charge is 0.0245 e. The molecule has 1 saturated carbocycles. The van der Waals surface area contributed by atoms with Crippen LogP contribution in [0.1, 0.15) is 52.4 Å². The first-order chi connectivity index (χ1) is 7.31. The average Bonchev–Trinajstić information content (AvgIpc) is 2.31. The van der Waals surface area contributed by atoms with Crippen molar-refractivity contribution in [3.8, 4) is 11.8 Å². The Hall–Kier alpha value is -0.480. The Morgan fingerprint density at radius 3 is 2.40 bits per heavy atom. The number of hydrogen-bond donors (Lipinski definition) is 1. The van der Waals surface area contributed by atoms with Crippen LogP contribution in [0.25, 0.3) is 0 Å². The Morgan fingerprint density at radius 1 is 1.27 bits per heavy atom. The summed E-state index contributed by atoms with van der Waals surface area (Å²) in [4.78, 5) is 0. The number of hydrogen-bond acceptors (Lipinski definition) is 1. The van der Waals surface area contributed by atoms with Crippen LogP contribution in [0, 0.1) is 23.7 Å². The van der Waals surface area contributed by atoms with E-state index in [2.05, 4.69) is 31.1 Å². The monoisotopic (exact) mass is 207 g/mol. The van der Waals surface area contributed by atoms with Gasteiger partial charge < -0.3 is 5.32 Å². The highest BCUT2D eigenvalue weighted by molar-refractivity contribution is 4.99. The van der Waals surface area contributed by atoms with Crippen molar-refractivity contribution in [3.05, 3.63) is 0 Å². The van der Waals surface area contributed by atoms with Crippen LogP contribution < -0.4 is 5.32 Å². The summed E-state index contributed by atoms with van der Waals surface area (Å²) in [7, 11) is 2.08. The highest BCUT2D eigenvalue weighted by Crippen LogP contribution is 2.33. The number of rotatable bonds is 4. The van der Waals surface area contributed by atoms with Gasteiger partial charge in [-0.25, -0.2) is 0 Å². The molecule has 1 fully saturated rings. The van der Waals surface area contributed by atoms with Crippen molar-refractivity contribution >= 4 is 0 Å². The molecule has 0 radical (unpaired) electrons. The second-order valence-electron chi connectivity index (χ2n) is 4.72. The Morgan fingerprint density at radius 2 is 1.93 bits per heavy atom. The molecule has 0 aliphatic heterocycles. The van der Waals surface area contributed by atoms with E-state index in [1.807, 2.05) is 6.92 Å². The molecule has 1 unspecified atom stereocenters. The van der Waals surface area contributed by atoms with Gasteiger partial charge in [0.1, 0.15) is 0 Å². The van der Waals surface area contributed by atoms with E-state index in [0.29, 0.717) is 6.04 Å². The standard InChI is InChI=1S/C14H25N/c1-4-6-7-14(15-3)13-10-8-12(5-2)9-11-13/h12-15H,5,7-11H2,1-3H3. The molecule has 1 nitrogen and oxygen atoms in total. The van der Waals surface area contributed by atoms with Crippen molar-refractivity contribution in [1.82, 2.24) is 5.32 Å². The summed E-state index contributed by atoms with van der Waals surface area (Å²) in [5.74, 6) is 8.07. The minimum absolute atomic E-state index is 0.621. The van der Waals surface area contributed by atoms with E-state index in [1.165, 1.54) is 32.1 Å². The van der Waals surface area contributed by atoms with E-state index >= 15 is 0 Å². The molecule has 1 N–H and O–H groups in total. The van der Waals surface area contributed by atoms with Gasteiger partial charge in [0.05, 0.1) is 0 Å². The minimum Gasteiger partial charge on any atom is -0.316 e. The normalized spacial score (nSPS) is 27.9. The molecule has 0 aromatic rings. The molecule has 0 bridgehead atoms. The van der Waals surface area contributed by atoms with Gasteiger partial charge >= 0.3 is 0 Å². The third kappa shape index (κ3) is 3.87. The third-order valence-corrected chi connectivity index (χ3v) is 3.91. The van der Waals surface area contributed by atoms with Crippen LogP contribution in [-0.4, -0.2) is 13.1 Å². The SMILES string of the molecule is CC#CCC(NC)C1CCC(CC)CC1. The van der Waals surface area contributed by atoms with Crippen LogP contribution in [0.3, 0.4) is 0 Å². The van der Waals surface area contributed by atoms with E-state index in [0.717, 1.165) is 18.3 Å². The van der Waals surface area contributed by atoms with Crippen LogP contribution in [-0.2, 0) is 0 Å². The molecule has 0 spiro atoms. The Balaban J connectivity index is 2.37. The van der Waals surface area contributed by atoms with Gasteiger partial charge in [0.2, 0.25) is 0 Å². The van der Waals surface area contributed by atoms with Crippen molar-refractivity contribution in [3.63, 3.8) is 0 Å². The second-order valence-corrected chi connectivity index (χ2v) is 4.72. The molecule has 1 atom stereocenters. The van der Waals surface area contributed by atoms with Gasteiger partial charge in [-0.15, -0.1) is 11.8 Å². The van der Waals surface area contributed by atoms with Crippen molar-refractivity contribution < 1.29 is 0 Å². The summed E-state index contributed by atoms with van der Waals surface area (Å²) in [6.07, 6.45) is 8.04. The molecule has 0 aromatic carbocycles. The first kappa shape index (κ1) is 12.6. The van der Waals surface area contributed by atoms with Gasteiger partial charge in [-0.05, 0) is 38.6 Å². The van der Waals surface area contributed by atoms with Crippen molar-refractivity contribution in [2.45, 2.75) is 58.4 Å². The van der Waals surface area contributed by atoms with Crippen LogP contribution >= 0.6 is 0 Å². The predicted octanol–water partition coefficient (Wildman–Crippen LogP) is 3.20. The lowest BCUT2D eigenvalue weighted by molar-refractivity contribution is 0.224. The summed E-state index contributed by atoms with van der Waals surface area (Å²) in [5.41, 5.74) is 0. The summed E-state index contributed by atoms with van der Waals surface area (Å²) < 4.78 is 0. The zero-order chi connectivity index (χ0) is 11.1. The molecule has 86 valence electrons.